The van der Waals surface area contributed by atoms with Crippen LogP contribution in [0.5, 0.6) is 0 Å². The summed E-state index contributed by atoms with van der Waals surface area (Å²) in [6.07, 6.45) is 8.13. The summed E-state index contributed by atoms with van der Waals surface area (Å²) in [6, 6.07) is 0. The van der Waals surface area contributed by atoms with Crippen molar-refractivity contribution < 1.29 is 0 Å². The van der Waals surface area contributed by atoms with E-state index in [1.807, 2.05) is 0 Å². The van der Waals surface area contributed by atoms with E-state index in [1.54, 1.807) is 0 Å². The Morgan fingerprint density at radius 3 is 2.57 bits per heavy atom. The SMILES string of the molecule is [CH2]CC(C)C[CH]=[GeH][CH](CC)CCCC. The van der Waals surface area contributed by atoms with Gasteiger partial charge in [0, 0.05) is 0 Å². The van der Waals surface area contributed by atoms with Gasteiger partial charge in [-0.3, -0.25) is 0 Å². The molecule has 0 fully saturated rings. The van der Waals surface area contributed by atoms with Gasteiger partial charge in [-0.2, -0.15) is 0 Å². The van der Waals surface area contributed by atoms with Gasteiger partial charge in [0.05, 0.1) is 0 Å². The fraction of sp³-hybridized carbons (Fsp3) is 0.846. The van der Waals surface area contributed by atoms with Gasteiger partial charge in [0.15, 0.2) is 0 Å². The summed E-state index contributed by atoms with van der Waals surface area (Å²) in [5.41, 5.74) is 0. The van der Waals surface area contributed by atoms with E-state index in [4.69, 9.17) is 0 Å². The molecule has 1 heteroatoms. The molecule has 0 aromatic heterocycles. The first kappa shape index (κ1) is 14.4. The molecule has 0 nitrogen and oxygen atoms in total. The molecule has 0 spiro atoms. The molecule has 0 heterocycles. The first-order valence-electron chi connectivity index (χ1n) is 6.20. The third-order valence-corrected chi connectivity index (χ3v) is 6.86. The minimum absolute atomic E-state index is 0.0525. The monoisotopic (exact) mass is 257 g/mol. The van der Waals surface area contributed by atoms with Crippen LogP contribution in [0.15, 0.2) is 0 Å². The van der Waals surface area contributed by atoms with Crippen molar-refractivity contribution in [3.8, 4) is 0 Å². The summed E-state index contributed by atoms with van der Waals surface area (Å²) in [5.74, 6) is 0.816. The van der Waals surface area contributed by atoms with Crippen molar-refractivity contribution in [2.75, 3.05) is 0 Å². The number of unbranched alkanes of at least 4 members (excludes halogenated alkanes) is 1. The number of rotatable bonds is 8. The summed E-state index contributed by atoms with van der Waals surface area (Å²) >= 11 is -0.0525. The van der Waals surface area contributed by atoms with E-state index >= 15 is 0 Å². The van der Waals surface area contributed by atoms with Gasteiger partial charge in [-0.1, -0.05) is 0 Å². The van der Waals surface area contributed by atoms with Gasteiger partial charge < -0.3 is 0 Å². The molecule has 0 saturated heterocycles. The molecule has 0 aliphatic rings. The number of hydrogen-bond acceptors (Lipinski definition) is 0. The third kappa shape index (κ3) is 7.78. The van der Waals surface area contributed by atoms with Crippen molar-refractivity contribution in [2.24, 2.45) is 5.92 Å². The Hall–Kier alpha value is 0.413. The second kappa shape index (κ2) is 9.95. The molecule has 83 valence electrons. The van der Waals surface area contributed by atoms with E-state index in [0.717, 1.165) is 17.1 Å². The molecule has 2 atom stereocenters. The van der Waals surface area contributed by atoms with Gasteiger partial charge >= 0.3 is 96.7 Å². The zero-order valence-corrected chi connectivity index (χ0v) is 12.7. The average molecular weight is 256 g/mol. The van der Waals surface area contributed by atoms with Crippen molar-refractivity contribution in [1.82, 2.24) is 0 Å². The van der Waals surface area contributed by atoms with Crippen LogP contribution in [0, 0.1) is 12.8 Å². The summed E-state index contributed by atoms with van der Waals surface area (Å²) < 4.78 is 1.09. The molecule has 14 heavy (non-hydrogen) atoms. The summed E-state index contributed by atoms with van der Waals surface area (Å²) in [6.45, 7) is 10.9. The van der Waals surface area contributed by atoms with Gasteiger partial charge in [-0.15, -0.1) is 0 Å². The third-order valence-electron chi connectivity index (χ3n) is 2.89. The minimum atomic E-state index is -0.0525. The van der Waals surface area contributed by atoms with Gasteiger partial charge in [-0.05, 0) is 0 Å². The zero-order valence-electron chi connectivity index (χ0n) is 10.3. The van der Waals surface area contributed by atoms with Crippen LogP contribution in [0.25, 0.3) is 0 Å². The van der Waals surface area contributed by atoms with Crippen molar-refractivity contribution >= 4 is 19.8 Å². The van der Waals surface area contributed by atoms with Crippen LogP contribution in [-0.4, -0.2) is 19.8 Å². The summed E-state index contributed by atoms with van der Waals surface area (Å²) in [4.78, 5) is 2.64. The molecule has 2 unspecified atom stereocenters. The maximum absolute atomic E-state index is 3.95. The first-order valence-corrected chi connectivity index (χ1v) is 9.00. The molecule has 0 aliphatic heterocycles. The van der Waals surface area contributed by atoms with Gasteiger partial charge in [0.1, 0.15) is 0 Å². The molecule has 0 saturated carbocycles. The van der Waals surface area contributed by atoms with Gasteiger partial charge in [0.2, 0.25) is 0 Å². The Morgan fingerprint density at radius 2 is 2.07 bits per heavy atom. The summed E-state index contributed by atoms with van der Waals surface area (Å²) in [5, 5.41) is 0. The van der Waals surface area contributed by atoms with E-state index in [2.05, 4.69) is 32.5 Å². The molecule has 0 aromatic carbocycles. The van der Waals surface area contributed by atoms with Crippen molar-refractivity contribution in [1.29, 1.82) is 0 Å². The topological polar surface area (TPSA) is 0 Å². The van der Waals surface area contributed by atoms with E-state index in [1.165, 1.54) is 32.1 Å². The molecule has 0 rings (SSSR count). The average Bonchev–Trinajstić information content (AvgIpc) is 2.22. The Labute approximate surface area is 96.9 Å². The van der Waals surface area contributed by atoms with Crippen LogP contribution in [0.2, 0.25) is 4.75 Å². The van der Waals surface area contributed by atoms with Gasteiger partial charge in [0.25, 0.3) is 0 Å². The quantitative estimate of drug-likeness (QED) is 0.578. The predicted molar refractivity (Wildman–Crippen MR) is 70.5 cm³/mol. The predicted octanol–water partition coefficient (Wildman–Crippen LogP) is 3.86. The molecular formula is C13H27Ge. The zero-order chi connectivity index (χ0) is 10.8. The molecule has 1 radical (unpaired) electrons. The van der Waals surface area contributed by atoms with E-state index in [-0.39, 0.29) is 15.0 Å². The van der Waals surface area contributed by atoms with Crippen molar-refractivity contribution in [3.05, 3.63) is 6.92 Å². The normalized spacial score (nSPS) is 16.0. The molecule has 0 N–H and O–H groups in total. The summed E-state index contributed by atoms with van der Waals surface area (Å²) in [7, 11) is 0. The van der Waals surface area contributed by atoms with Crippen LogP contribution >= 0.6 is 0 Å². The standard InChI is InChI=1S/C13H27Ge/c1-5-8-9-13(7-3)14-11-10-12(4)6-2/h11-14H,2,5-10H2,1,3-4H3. The Bertz CT molecular complexity index is 140. The molecule has 0 bridgehead atoms. The Kier molecular flexibility index (Phi) is 10.2. The molecule has 0 aromatic rings. The van der Waals surface area contributed by atoms with Crippen LogP contribution in [-0.2, 0) is 0 Å². The van der Waals surface area contributed by atoms with E-state index in [9.17, 15) is 0 Å². The molecule has 0 aliphatic carbocycles. The first-order chi connectivity index (χ1) is 6.74. The van der Waals surface area contributed by atoms with Crippen molar-refractivity contribution in [3.63, 3.8) is 0 Å². The number of hydrogen-bond donors (Lipinski definition) is 0. The van der Waals surface area contributed by atoms with Crippen LogP contribution < -0.4 is 0 Å². The van der Waals surface area contributed by atoms with Crippen molar-refractivity contribution in [2.45, 2.75) is 64.0 Å². The molecule has 0 amide bonds. The Balaban J connectivity index is 3.68. The fourth-order valence-electron chi connectivity index (χ4n) is 1.52. The fourth-order valence-corrected chi connectivity index (χ4v) is 5.11. The maximum atomic E-state index is 3.95. The van der Waals surface area contributed by atoms with Gasteiger partial charge in [-0.25, -0.2) is 0 Å². The Morgan fingerprint density at radius 1 is 1.36 bits per heavy atom. The van der Waals surface area contributed by atoms with Crippen LogP contribution in [0.1, 0.15) is 59.3 Å². The van der Waals surface area contributed by atoms with Crippen LogP contribution in [0.3, 0.4) is 0 Å². The second-order valence-electron chi connectivity index (χ2n) is 4.37. The van der Waals surface area contributed by atoms with Crippen LogP contribution in [0.4, 0.5) is 0 Å². The van der Waals surface area contributed by atoms with E-state index < -0.39 is 0 Å². The van der Waals surface area contributed by atoms with E-state index in [0.29, 0.717) is 0 Å². The second-order valence-corrected chi connectivity index (χ2v) is 8.14. The molecular weight excluding hydrogens is 229 g/mol.